The second-order valence-electron chi connectivity index (χ2n) is 5.79. The monoisotopic (exact) mass is 360 g/mol. The van der Waals surface area contributed by atoms with Gasteiger partial charge in [-0.3, -0.25) is 4.79 Å². The summed E-state index contributed by atoms with van der Waals surface area (Å²) in [5, 5.41) is 0.568. The van der Waals surface area contributed by atoms with Crippen molar-refractivity contribution in [2.24, 2.45) is 0 Å². The molecule has 1 fully saturated rings. The van der Waals surface area contributed by atoms with Gasteiger partial charge in [-0.1, -0.05) is 31.4 Å². The Balaban J connectivity index is 0.00000264. The van der Waals surface area contributed by atoms with Gasteiger partial charge in [0.1, 0.15) is 5.75 Å². The van der Waals surface area contributed by atoms with Crippen molar-refractivity contribution in [3.8, 4) is 5.75 Å². The Kier molecular flexibility index (Phi) is 8.74. The SMILES string of the molecule is CCCCCOc1ccc(Cl)cc1C(=O)N1CCN(C)CC1.Cl. The normalized spacial score (nSPS) is 15.2. The average molecular weight is 361 g/mol. The molecule has 1 aromatic carbocycles. The van der Waals surface area contributed by atoms with Gasteiger partial charge in [0.2, 0.25) is 0 Å². The lowest BCUT2D eigenvalue weighted by atomic mass is 10.1. The zero-order valence-corrected chi connectivity index (χ0v) is 15.5. The molecule has 4 nitrogen and oxygen atoms in total. The fourth-order valence-electron chi connectivity index (χ4n) is 2.51. The predicted molar refractivity (Wildman–Crippen MR) is 97.1 cm³/mol. The summed E-state index contributed by atoms with van der Waals surface area (Å²) in [6, 6.07) is 5.30. The number of rotatable bonds is 6. The molecule has 0 aliphatic carbocycles. The zero-order valence-electron chi connectivity index (χ0n) is 13.9. The highest BCUT2D eigenvalue weighted by molar-refractivity contribution is 6.31. The van der Waals surface area contributed by atoms with Crippen LogP contribution in [0.25, 0.3) is 0 Å². The number of carbonyl (C=O) groups is 1. The molecule has 0 atom stereocenters. The van der Waals surface area contributed by atoms with Crippen molar-refractivity contribution in [3.63, 3.8) is 0 Å². The van der Waals surface area contributed by atoms with Gasteiger partial charge >= 0.3 is 0 Å². The predicted octanol–water partition coefficient (Wildman–Crippen LogP) is 3.72. The van der Waals surface area contributed by atoms with E-state index < -0.39 is 0 Å². The van der Waals surface area contributed by atoms with Gasteiger partial charge in [0, 0.05) is 31.2 Å². The number of ether oxygens (including phenoxy) is 1. The van der Waals surface area contributed by atoms with E-state index in [2.05, 4.69) is 18.9 Å². The maximum Gasteiger partial charge on any atom is 0.257 e. The van der Waals surface area contributed by atoms with Crippen LogP contribution >= 0.6 is 24.0 Å². The highest BCUT2D eigenvalue weighted by Crippen LogP contribution is 2.25. The molecule has 23 heavy (non-hydrogen) atoms. The van der Waals surface area contributed by atoms with Crippen molar-refractivity contribution in [3.05, 3.63) is 28.8 Å². The molecule has 1 saturated heterocycles. The van der Waals surface area contributed by atoms with E-state index in [1.165, 1.54) is 0 Å². The molecule has 1 amide bonds. The van der Waals surface area contributed by atoms with Gasteiger partial charge in [-0.25, -0.2) is 0 Å². The Morgan fingerprint density at radius 3 is 2.57 bits per heavy atom. The summed E-state index contributed by atoms with van der Waals surface area (Å²) < 4.78 is 5.81. The van der Waals surface area contributed by atoms with Gasteiger partial charge in [-0.2, -0.15) is 0 Å². The number of unbranched alkanes of at least 4 members (excludes halogenated alkanes) is 2. The van der Waals surface area contributed by atoms with Crippen LogP contribution in [0.1, 0.15) is 36.5 Å². The fourth-order valence-corrected chi connectivity index (χ4v) is 2.68. The first-order chi connectivity index (χ1) is 10.6. The minimum Gasteiger partial charge on any atom is -0.493 e. The zero-order chi connectivity index (χ0) is 15.9. The van der Waals surface area contributed by atoms with E-state index in [9.17, 15) is 4.79 Å². The van der Waals surface area contributed by atoms with Crippen molar-refractivity contribution in [1.29, 1.82) is 0 Å². The fraction of sp³-hybridized carbons (Fsp3) is 0.588. The van der Waals surface area contributed by atoms with E-state index in [0.717, 1.165) is 45.4 Å². The standard InChI is InChI=1S/C17H25ClN2O2.ClH/c1-3-4-5-12-22-16-7-6-14(18)13-15(16)17(21)20-10-8-19(2)9-11-20;/h6-7,13H,3-5,8-12H2,1-2H3;1H. The molecule has 0 radical (unpaired) electrons. The molecular weight excluding hydrogens is 335 g/mol. The molecule has 0 bridgehead atoms. The molecule has 0 unspecified atom stereocenters. The third kappa shape index (κ3) is 5.87. The van der Waals surface area contributed by atoms with E-state index in [0.29, 0.717) is 22.9 Å². The van der Waals surface area contributed by atoms with Crippen molar-refractivity contribution < 1.29 is 9.53 Å². The Morgan fingerprint density at radius 2 is 1.91 bits per heavy atom. The summed E-state index contributed by atoms with van der Waals surface area (Å²) in [4.78, 5) is 16.8. The summed E-state index contributed by atoms with van der Waals surface area (Å²) in [5.41, 5.74) is 0.577. The Bertz CT molecular complexity index is 503. The van der Waals surface area contributed by atoms with Crippen LogP contribution in [0.5, 0.6) is 5.75 Å². The second kappa shape index (κ2) is 10.0. The molecular formula is C17H26Cl2N2O2. The summed E-state index contributed by atoms with van der Waals surface area (Å²) in [6.07, 6.45) is 3.29. The molecule has 0 saturated carbocycles. The number of hydrogen-bond donors (Lipinski definition) is 0. The van der Waals surface area contributed by atoms with Crippen LogP contribution in [0.2, 0.25) is 5.02 Å². The third-order valence-electron chi connectivity index (χ3n) is 3.97. The molecule has 0 spiro atoms. The maximum atomic E-state index is 12.7. The quantitative estimate of drug-likeness (QED) is 0.724. The number of likely N-dealkylation sites (N-methyl/N-ethyl adjacent to an activating group) is 1. The summed E-state index contributed by atoms with van der Waals surface area (Å²) in [6.45, 7) is 6.09. The largest absolute Gasteiger partial charge is 0.493 e. The molecule has 1 heterocycles. The van der Waals surface area contributed by atoms with Crippen LogP contribution in [0.15, 0.2) is 18.2 Å². The van der Waals surface area contributed by atoms with Gasteiger partial charge < -0.3 is 14.5 Å². The van der Waals surface area contributed by atoms with Gasteiger partial charge in [0.25, 0.3) is 5.91 Å². The number of piperazine rings is 1. The number of amides is 1. The number of carbonyl (C=O) groups excluding carboxylic acids is 1. The summed E-state index contributed by atoms with van der Waals surface area (Å²) in [7, 11) is 2.07. The molecule has 2 rings (SSSR count). The van der Waals surface area contributed by atoms with Crippen molar-refractivity contribution >= 4 is 29.9 Å². The highest BCUT2D eigenvalue weighted by Gasteiger charge is 2.23. The first-order valence-corrected chi connectivity index (χ1v) is 8.39. The number of halogens is 2. The smallest absolute Gasteiger partial charge is 0.257 e. The topological polar surface area (TPSA) is 32.8 Å². The lowest BCUT2D eigenvalue weighted by Gasteiger charge is -2.32. The van der Waals surface area contributed by atoms with Crippen molar-refractivity contribution in [2.45, 2.75) is 26.2 Å². The van der Waals surface area contributed by atoms with Gasteiger partial charge in [-0.05, 0) is 31.7 Å². The van der Waals surface area contributed by atoms with Gasteiger partial charge in [0.15, 0.2) is 0 Å². The molecule has 130 valence electrons. The lowest BCUT2D eigenvalue weighted by Crippen LogP contribution is -2.47. The molecule has 6 heteroatoms. The minimum absolute atomic E-state index is 0. The molecule has 1 aliphatic heterocycles. The molecule has 0 N–H and O–H groups in total. The highest BCUT2D eigenvalue weighted by atomic mass is 35.5. The number of hydrogen-bond acceptors (Lipinski definition) is 3. The van der Waals surface area contributed by atoms with E-state index in [1.807, 2.05) is 4.90 Å². The van der Waals surface area contributed by atoms with Crippen LogP contribution in [0, 0.1) is 0 Å². The van der Waals surface area contributed by atoms with Crippen molar-refractivity contribution in [2.75, 3.05) is 39.8 Å². The average Bonchev–Trinajstić information content (AvgIpc) is 2.53. The van der Waals surface area contributed by atoms with E-state index in [1.54, 1.807) is 18.2 Å². The van der Waals surface area contributed by atoms with E-state index in [4.69, 9.17) is 16.3 Å². The van der Waals surface area contributed by atoms with Crippen LogP contribution in [0.3, 0.4) is 0 Å². The molecule has 0 aromatic heterocycles. The summed E-state index contributed by atoms with van der Waals surface area (Å²) in [5.74, 6) is 0.658. The maximum absolute atomic E-state index is 12.7. The van der Waals surface area contributed by atoms with Crippen molar-refractivity contribution in [1.82, 2.24) is 9.80 Å². The second-order valence-corrected chi connectivity index (χ2v) is 6.23. The lowest BCUT2D eigenvalue weighted by molar-refractivity contribution is 0.0659. The first-order valence-electron chi connectivity index (χ1n) is 8.02. The third-order valence-corrected chi connectivity index (χ3v) is 4.20. The van der Waals surface area contributed by atoms with Gasteiger partial charge in [0.05, 0.1) is 12.2 Å². The van der Waals surface area contributed by atoms with E-state index >= 15 is 0 Å². The first kappa shape index (κ1) is 20.1. The van der Waals surface area contributed by atoms with E-state index in [-0.39, 0.29) is 18.3 Å². The Hall–Kier alpha value is -0.970. The molecule has 1 aromatic rings. The summed E-state index contributed by atoms with van der Waals surface area (Å²) >= 11 is 6.07. The minimum atomic E-state index is 0. The van der Waals surface area contributed by atoms with Crippen LogP contribution in [0.4, 0.5) is 0 Å². The van der Waals surface area contributed by atoms with Crippen LogP contribution in [-0.4, -0.2) is 55.5 Å². The van der Waals surface area contributed by atoms with Gasteiger partial charge in [-0.15, -0.1) is 12.4 Å². The van der Waals surface area contributed by atoms with Crippen LogP contribution < -0.4 is 4.74 Å². The Labute approximate surface area is 150 Å². The van der Waals surface area contributed by atoms with Crippen LogP contribution in [-0.2, 0) is 0 Å². The Morgan fingerprint density at radius 1 is 1.22 bits per heavy atom. The molecule has 1 aliphatic rings. The number of nitrogens with zero attached hydrogens (tertiary/aromatic N) is 2. The number of benzene rings is 1.